The van der Waals surface area contributed by atoms with Gasteiger partial charge >= 0.3 is 12.1 Å². The second kappa shape index (κ2) is 3.84. The molecular formula is C9H11F3O3. The molecule has 86 valence electrons. The van der Waals surface area contributed by atoms with Crippen LogP contribution >= 0.6 is 0 Å². The molecular weight excluding hydrogens is 213 g/mol. The Balaban J connectivity index is 2.33. The molecule has 0 radical (unpaired) electrons. The van der Waals surface area contributed by atoms with Crippen molar-refractivity contribution in [2.24, 2.45) is 0 Å². The van der Waals surface area contributed by atoms with Crippen molar-refractivity contribution < 1.29 is 27.4 Å². The Labute approximate surface area is 84.8 Å². The highest BCUT2D eigenvalue weighted by Crippen LogP contribution is 2.46. The van der Waals surface area contributed by atoms with E-state index in [1.807, 2.05) is 0 Å². The summed E-state index contributed by atoms with van der Waals surface area (Å²) in [7, 11) is 0. The van der Waals surface area contributed by atoms with Crippen LogP contribution in [0.25, 0.3) is 0 Å². The maximum atomic E-state index is 12.3. The molecule has 0 aromatic carbocycles. The number of rotatable bonds is 4. The number of esters is 1. The van der Waals surface area contributed by atoms with E-state index in [4.69, 9.17) is 0 Å². The van der Waals surface area contributed by atoms with Gasteiger partial charge < -0.3 is 9.47 Å². The second-order valence-electron chi connectivity index (χ2n) is 3.45. The summed E-state index contributed by atoms with van der Waals surface area (Å²) >= 11 is 0. The zero-order valence-electron chi connectivity index (χ0n) is 8.19. The summed E-state index contributed by atoms with van der Waals surface area (Å²) in [6, 6.07) is 0. The van der Waals surface area contributed by atoms with E-state index in [2.05, 4.69) is 16.1 Å². The van der Waals surface area contributed by atoms with Gasteiger partial charge in [0, 0.05) is 12.0 Å². The molecule has 3 nitrogen and oxygen atoms in total. The predicted molar refractivity (Wildman–Crippen MR) is 45.1 cm³/mol. The van der Waals surface area contributed by atoms with Gasteiger partial charge in [0.15, 0.2) is 5.60 Å². The molecule has 0 aliphatic carbocycles. The second-order valence-corrected chi connectivity index (χ2v) is 3.45. The molecule has 1 aliphatic rings. The first-order valence-electron chi connectivity index (χ1n) is 4.32. The molecule has 1 aliphatic heterocycles. The highest BCUT2D eigenvalue weighted by molar-refractivity contribution is 5.86. The summed E-state index contributed by atoms with van der Waals surface area (Å²) in [4.78, 5) is 10.9. The average molecular weight is 224 g/mol. The van der Waals surface area contributed by atoms with Crippen molar-refractivity contribution in [1.29, 1.82) is 0 Å². The molecule has 1 saturated heterocycles. The third kappa shape index (κ3) is 2.71. The summed E-state index contributed by atoms with van der Waals surface area (Å²) in [5, 5.41) is 0. The zero-order chi connectivity index (χ0) is 11.7. The van der Waals surface area contributed by atoms with Crippen molar-refractivity contribution in [3.05, 3.63) is 12.2 Å². The van der Waals surface area contributed by atoms with Crippen LogP contribution in [0.5, 0.6) is 0 Å². The fourth-order valence-corrected chi connectivity index (χ4v) is 0.969. The highest BCUT2D eigenvalue weighted by atomic mass is 19.4. The van der Waals surface area contributed by atoms with Gasteiger partial charge in [-0.05, 0) is 6.92 Å². The van der Waals surface area contributed by atoms with Crippen LogP contribution in [-0.4, -0.2) is 31.0 Å². The number of hydrogen-bond donors (Lipinski definition) is 0. The molecule has 15 heavy (non-hydrogen) atoms. The van der Waals surface area contributed by atoms with Crippen LogP contribution in [0, 0.1) is 0 Å². The molecule has 0 bridgehead atoms. The summed E-state index contributed by atoms with van der Waals surface area (Å²) in [6.07, 6.45) is -4.77. The minimum Gasteiger partial charge on any atom is -0.462 e. The maximum Gasteiger partial charge on any atom is 0.419 e. The lowest BCUT2D eigenvalue weighted by Gasteiger charge is -2.15. The van der Waals surface area contributed by atoms with E-state index in [0.29, 0.717) is 0 Å². The van der Waals surface area contributed by atoms with Gasteiger partial charge in [-0.25, -0.2) is 4.79 Å². The van der Waals surface area contributed by atoms with Gasteiger partial charge in [-0.15, -0.1) is 0 Å². The average Bonchev–Trinajstić information content (AvgIpc) is 2.83. The van der Waals surface area contributed by atoms with Gasteiger partial charge in [-0.3, -0.25) is 0 Å². The molecule has 0 aromatic rings. The standard InChI is InChI=1S/C9H11F3O3/c1-6(2)7(13)14-4-3-8(5-15-8)9(10,11)12/h1,3-5H2,2H3. The molecule has 6 heteroatoms. The summed E-state index contributed by atoms with van der Waals surface area (Å²) < 4.78 is 45.8. The van der Waals surface area contributed by atoms with Crippen molar-refractivity contribution in [3.63, 3.8) is 0 Å². The molecule has 0 aromatic heterocycles. The van der Waals surface area contributed by atoms with Gasteiger partial charge in [0.05, 0.1) is 13.2 Å². The predicted octanol–water partition coefficient (Wildman–Crippen LogP) is 1.83. The summed E-state index contributed by atoms with van der Waals surface area (Å²) in [5.41, 5.74) is -1.93. The van der Waals surface area contributed by atoms with Crippen molar-refractivity contribution in [1.82, 2.24) is 0 Å². The first-order valence-corrected chi connectivity index (χ1v) is 4.32. The van der Waals surface area contributed by atoms with Crippen LogP contribution < -0.4 is 0 Å². The Hall–Kier alpha value is -1.04. The van der Waals surface area contributed by atoms with Crippen LogP contribution in [0.2, 0.25) is 0 Å². The van der Waals surface area contributed by atoms with E-state index in [9.17, 15) is 18.0 Å². The minimum absolute atomic E-state index is 0.160. The largest absolute Gasteiger partial charge is 0.462 e. The number of alkyl halides is 3. The van der Waals surface area contributed by atoms with E-state index in [1.54, 1.807) is 0 Å². The molecule has 0 amide bonds. The summed E-state index contributed by atoms with van der Waals surface area (Å²) in [5.74, 6) is -0.687. The lowest BCUT2D eigenvalue weighted by atomic mass is 10.1. The maximum absolute atomic E-state index is 12.3. The molecule has 0 spiro atoms. The number of carbonyl (C=O) groups excluding carboxylic acids is 1. The lowest BCUT2D eigenvalue weighted by Crippen LogP contribution is -2.34. The number of epoxide rings is 1. The monoisotopic (exact) mass is 224 g/mol. The molecule has 1 unspecified atom stereocenters. The van der Waals surface area contributed by atoms with E-state index in [1.165, 1.54) is 6.92 Å². The molecule has 1 fully saturated rings. The Morgan fingerprint density at radius 1 is 1.60 bits per heavy atom. The summed E-state index contributed by atoms with van der Waals surface area (Å²) in [6.45, 7) is 4.06. The Morgan fingerprint density at radius 2 is 2.13 bits per heavy atom. The normalized spacial score (nSPS) is 24.8. The molecule has 1 rings (SSSR count). The number of carbonyl (C=O) groups is 1. The van der Waals surface area contributed by atoms with Crippen molar-refractivity contribution in [2.75, 3.05) is 13.2 Å². The minimum atomic E-state index is -4.40. The number of hydrogen-bond acceptors (Lipinski definition) is 3. The third-order valence-corrected chi connectivity index (χ3v) is 2.10. The van der Waals surface area contributed by atoms with Gasteiger partial charge in [0.1, 0.15) is 0 Å². The molecule has 0 N–H and O–H groups in total. The van der Waals surface area contributed by atoms with Gasteiger partial charge in [0.25, 0.3) is 0 Å². The highest BCUT2D eigenvalue weighted by Gasteiger charge is 2.65. The fourth-order valence-electron chi connectivity index (χ4n) is 0.969. The molecule has 0 saturated carbocycles. The van der Waals surface area contributed by atoms with Crippen molar-refractivity contribution >= 4 is 5.97 Å². The third-order valence-electron chi connectivity index (χ3n) is 2.10. The van der Waals surface area contributed by atoms with Crippen LogP contribution in [0.4, 0.5) is 13.2 Å². The van der Waals surface area contributed by atoms with E-state index in [-0.39, 0.29) is 25.2 Å². The van der Waals surface area contributed by atoms with Crippen LogP contribution in [-0.2, 0) is 14.3 Å². The number of halogens is 3. The smallest absolute Gasteiger partial charge is 0.419 e. The number of ether oxygens (including phenoxy) is 2. The lowest BCUT2D eigenvalue weighted by molar-refractivity contribution is -0.189. The van der Waals surface area contributed by atoms with E-state index >= 15 is 0 Å². The molecule has 1 atom stereocenters. The fraction of sp³-hybridized carbons (Fsp3) is 0.667. The van der Waals surface area contributed by atoms with Crippen molar-refractivity contribution in [2.45, 2.75) is 25.1 Å². The Kier molecular flexibility index (Phi) is 3.08. The van der Waals surface area contributed by atoms with Crippen molar-refractivity contribution in [3.8, 4) is 0 Å². The van der Waals surface area contributed by atoms with Gasteiger partial charge in [-0.2, -0.15) is 13.2 Å². The Morgan fingerprint density at radius 3 is 2.47 bits per heavy atom. The Bertz CT molecular complexity index is 279. The van der Waals surface area contributed by atoms with E-state index in [0.717, 1.165) is 0 Å². The quantitative estimate of drug-likeness (QED) is 0.415. The van der Waals surface area contributed by atoms with Crippen LogP contribution in [0.1, 0.15) is 13.3 Å². The van der Waals surface area contributed by atoms with Crippen LogP contribution in [0.3, 0.4) is 0 Å². The van der Waals surface area contributed by atoms with Gasteiger partial charge in [0.2, 0.25) is 0 Å². The van der Waals surface area contributed by atoms with E-state index < -0.39 is 17.7 Å². The zero-order valence-corrected chi connectivity index (χ0v) is 8.19. The van der Waals surface area contributed by atoms with Gasteiger partial charge in [-0.1, -0.05) is 6.58 Å². The first kappa shape index (κ1) is 12.0. The van der Waals surface area contributed by atoms with Crippen LogP contribution in [0.15, 0.2) is 12.2 Å². The first-order chi connectivity index (χ1) is 6.78. The SMILES string of the molecule is C=C(C)C(=O)OCCC1(C(F)(F)F)CO1. The topological polar surface area (TPSA) is 38.8 Å². The molecule has 1 heterocycles.